The average Bonchev–Trinajstić information content (AvgIpc) is 2.37. The predicted octanol–water partition coefficient (Wildman–Crippen LogP) is 2.09. The Hall–Kier alpha value is -2.28. The molecule has 0 aliphatic rings. The Balaban J connectivity index is 2.54. The largest absolute Gasteiger partial charge is 0.399 e. The smallest absolute Gasteiger partial charge is 0.244 e. The van der Waals surface area contributed by atoms with Crippen LogP contribution in [0.1, 0.15) is 25.3 Å². The highest BCUT2D eigenvalue weighted by Gasteiger charge is 2.06. The van der Waals surface area contributed by atoms with Gasteiger partial charge in [0.2, 0.25) is 5.91 Å². The molecule has 1 aromatic rings. The van der Waals surface area contributed by atoms with Gasteiger partial charge in [0.15, 0.2) is 0 Å². The third-order valence-electron chi connectivity index (χ3n) is 2.54. The average molecular weight is 243 g/mol. The van der Waals surface area contributed by atoms with Gasteiger partial charge in [-0.2, -0.15) is 5.26 Å². The van der Waals surface area contributed by atoms with Crippen molar-refractivity contribution in [2.75, 3.05) is 5.73 Å². The van der Waals surface area contributed by atoms with E-state index >= 15 is 0 Å². The lowest BCUT2D eigenvalue weighted by atomic mass is 10.1. The van der Waals surface area contributed by atoms with Crippen molar-refractivity contribution in [1.82, 2.24) is 5.32 Å². The van der Waals surface area contributed by atoms with E-state index in [1.165, 1.54) is 6.08 Å². The normalized spacial score (nSPS) is 12.0. The van der Waals surface area contributed by atoms with Gasteiger partial charge in [0.1, 0.15) is 0 Å². The van der Waals surface area contributed by atoms with E-state index in [9.17, 15) is 4.79 Å². The summed E-state index contributed by atoms with van der Waals surface area (Å²) in [7, 11) is 0. The second-order valence-corrected chi connectivity index (χ2v) is 3.98. The molecule has 3 N–H and O–H groups in total. The molecule has 1 rings (SSSR count). The Labute approximate surface area is 107 Å². The number of nitrogens with zero attached hydrogens (tertiary/aromatic N) is 1. The first-order valence-corrected chi connectivity index (χ1v) is 5.86. The van der Waals surface area contributed by atoms with Crippen molar-refractivity contribution in [2.24, 2.45) is 0 Å². The van der Waals surface area contributed by atoms with E-state index in [0.29, 0.717) is 12.1 Å². The molecular formula is C14H17N3O. The van der Waals surface area contributed by atoms with Crippen molar-refractivity contribution in [3.05, 3.63) is 35.9 Å². The highest BCUT2D eigenvalue weighted by Crippen LogP contribution is 2.07. The Bertz CT molecular complexity index is 457. The fourth-order valence-corrected chi connectivity index (χ4v) is 1.44. The summed E-state index contributed by atoms with van der Waals surface area (Å²) in [5, 5.41) is 11.4. The molecule has 94 valence electrons. The molecule has 0 saturated heterocycles. The van der Waals surface area contributed by atoms with Gasteiger partial charge in [-0.3, -0.25) is 4.79 Å². The third kappa shape index (κ3) is 4.71. The maximum Gasteiger partial charge on any atom is 0.244 e. The summed E-state index contributed by atoms with van der Waals surface area (Å²) < 4.78 is 0. The van der Waals surface area contributed by atoms with Gasteiger partial charge in [-0.15, -0.1) is 0 Å². The van der Waals surface area contributed by atoms with Crippen LogP contribution in [0.2, 0.25) is 0 Å². The van der Waals surface area contributed by atoms with E-state index in [0.717, 1.165) is 12.0 Å². The number of rotatable bonds is 5. The van der Waals surface area contributed by atoms with Crippen LogP contribution >= 0.6 is 0 Å². The summed E-state index contributed by atoms with van der Waals surface area (Å²) in [6.45, 7) is 1.94. The first-order chi connectivity index (χ1) is 8.65. The Morgan fingerprint density at radius 3 is 2.72 bits per heavy atom. The molecule has 0 heterocycles. The van der Waals surface area contributed by atoms with Crippen LogP contribution in [0, 0.1) is 11.3 Å². The molecule has 1 aromatic carbocycles. The van der Waals surface area contributed by atoms with Gasteiger partial charge in [0.05, 0.1) is 12.5 Å². The first kappa shape index (κ1) is 13.8. The van der Waals surface area contributed by atoms with Crippen molar-refractivity contribution in [2.45, 2.75) is 25.8 Å². The van der Waals surface area contributed by atoms with Gasteiger partial charge in [-0.05, 0) is 30.2 Å². The summed E-state index contributed by atoms with van der Waals surface area (Å²) >= 11 is 0. The fraction of sp³-hybridized carbons (Fsp3) is 0.286. The molecule has 1 unspecified atom stereocenters. The zero-order valence-electron chi connectivity index (χ0n) is 10.4. The van der Waals surface area contributed by atoms with Gasteiger partial charge >= 0.3 is 0 Å². The molecule has 4 heteroatoms. The predicted molar refractivity (Wildman–Crippen MR) is 72.3 cm³/mol. The molecule has 4 nitrogen and oxygen atoms in total. The van der Waals surface area contributed by atoms with Crippen LogP contribution in [-0.2, 0) is 4.79 Å². The van der Waals surface area contributed by atoms with E-state index in [-0.39, 0.29) is 11.9 Å². The van der Waals surface area contributed by atoms with E-state index in [2.05, 4.69) is 11.4 Å². The number of nitrogen functional groups attached to an aromatic ring is 1. The molecule has 0 aliphatic heterocycles. The molecule has 0 radical (unpaired) electrons. The number of nitriles is 1. The van der Waals surface area contributed by atoms with Crippen LogP contribution in [0.5, 0.6) is 0 Å². The summed E-state index contributed by atoms with van der Waals surface area (Å²) in [5.74, 6) is -0.186. The third-order valence-corrected chi connectivity index (χ3v) is 2.54. The molecule has 0 fully saturated rings. The van der Waals surface area contributed by atoms with Crippen LogP contribution in [0.4, 0.5) is 5.69 Å². The number of carbonyl (C=O) groups is 1. The van der Waals surface area contributed by atoms with Gasteiger partial charge in [0, 0.05) is 17.8 Å². The van der Waals surface area contributed by atoms with E-state index in [4.69, 9.17) is 11.0 Å². The van der Waals surface area contributed by atoms with Crippen LogP contribution < -0.4 is 11.1 Å². The van der Waals surface area contributed by atoms with Crippen molar-refractivity contribution < 1.29 is 4.79 Å². The van der Waals surface area contributed by atoms with Crippen molar-refractivity contribution >= 4 is 17.7 Å². The van der Waals surface area contributed by atoms with Crippen LogP contribution in [0.25, 0.3) is 6.08 Å². The maximum absolute atomic E-state index is 11.6. The summed E-state index contributed by atoms with van der Waals surface area (Å²) in [6, 6.07) is 9.20. The van der Waals surface area contributed by atoms with E-state index in [1.54, 1.807) is 18.2 Å². The van der Waals surface area contributed by atoms with Gasteiger partial charge < -0.3 is 11.1 Å². The SMILES string of the molecule is CCC(CC#N)NC(=O)/C=C/c1ccc(N)cc1. The second-order valence-electron chi connectivity index (χ2n) is 3.98. The van der Waals surface area contributed by atoms with Crippen molar-refractivity contribution in [3.63, 3.8) is 0 Å². The fourth-order valence-electron chi connectivity index (χ4n) is 1.44. The van der Waals surface area contributed by atoms with Crippen molar-refractivity contribution in [1.29, 1.82) is 5.26 Å². The zero-order valence-corrected chi connectivity index (χ0v) is 10.4. The number of nitrogens with two attached hydrogens (primary N) is 1. The minimum Gasteiger partial charge on any atom is -0.399 e. The van der Waals surface area contributed by atoms with E-state index in [1.807, 2.05) is 19.1 Å². The minimum atomic E-state index is -0.186. The molecule has 0 aliphatic carbocycles. The highest BCUT2D eigenvalue weighted by molar-refractivity contribution is 5.91. The Morgan fingerprint density at radius 1 is 1.50 bits per heavy atom. The van der Waals surface area contributed by atoms with Crippen molar-refractivity contribution in [3.8, 4) is 6.07 Å². The quantitative estimate of drug-likeness (QED) is 0.614. The monoisotopic (exact) mass is 243 g/mol. The summed E-state index contributed by atoms with van der Waals surface area (Å²) in [6.07, 6.45) is 4.26. The van der Waals surface area contributed by atoms with Gasteiger partial charge in [-0.25, -0.2) is 0 Å². The zero-order chi connectivity index (χ0) is 13.4. The Morgan fingerprint density at radius 2 is 2.17 bits per heavy atom. The molecule has 0 spiro atoms. The summed E-state index contributed by atoms with van der Waals surface area (Å²) in [5.41, 5.74) is 7.17. The number of carbonyl (C=O) groups excluding carboxylic acids is 1. The number of amides is 1. The summed E-state index contributed by atoms with van der Waals surface area (Å²) in [4.78, 5) is 11.6. The first-order valence-electron chi connectivity index (χ1n) is 5.86. The van der Waals surface area contributed by atoms with Gasteiger partial charge in [0.25, 0.3) is 0 Å². The second kappa shape index (κ2) is 7.13. The molecule has 18 heavy (non-hydrogen) atoms. The molecule has 0 saturated carbocycles. The lowest BCUT2D eigenvalue weighted by Crippen LogP contribution is -2.32. The number of hydrogen-bond acceptors (Lipinski definition) is 3. The lowest BCUT2D eigenvalue weighted by Gasteiger charge is -2.11. The molecule has 0 aromatic heterocycles. The number of anilines is 1. The van der Waals surface area contributed by atoms with E-state index < -0.39 is 0 Å². The number of hydrogen-bond donors (Lipinski definition) is 2. The number of nitrogens with one attached hydrogen (secondary N) is 1. The van der Waals surface area contributed by atoms with Gasteiger partial charge in [-0.1, -0.05) is 19.1 Å². The standard InChI is InChI=1S/C14H17N3O/c1-2-13(9-10-15)17-14(18)8-5-11-3-6-12(16)7-4-11/h3-8,13H,2,9,16H2,1H3,(H,17,18)/b8-5+. The topological polar surface area (TPSA) is 78.9 Å². The molecule has 1 atom stereocenters. The number of benzene rings is 1. The van der Waals surface area contributed by atoms with Crippen LogP contribution in [-0.4, -0.2) is 11.9 Å². The van der Waals surface area contributed by atoms with Crippen LogP contribution in [0.15, 0.2) is 30.3 Å². The molecular weight excluding hydrogens is 226 g/mol. The maximum atomic E-state index is 11.6. The molecule has 1 amide bonds. The lowest BCUT2D eigenvalue weighted by molar-refractivity contribution is -0.117. The van der Waals surface area contributed by atoms with Crippen LogP contribution in [0.3, 0.4) is 0 Å². The minimum absolute atomic E-state index is 0.0847. The Kier molecular flexibility index (Phi) is 5.46. The highest BCUT2D eigenvalue weighted by atomic mass is 16.1. The molecule has 0 bridgehead atoms.